The van der Waals surface area contributed by atoms with Crippen LogP contribution in [0, 0.1) is 0 Å². The lowest BCUT2D eigenvalue weighted by Gasteiger charge is -2.32. The highest BCUT2D eigenvalue weighted by molar-refractivity contribution is 5.40. The van der Waals surface area contributed by atoms with E-state index in [1.54, 1.807) is 7.05 Å². The molecule has 10 heteroatoms. The van der Waals surface area contributed by atoms with E-state index in [4.69, 9.17) is 4.74 Å². The van der Waals surface area contributed by atoms with Gasteiger partial charge in [0.25, 0.3) is 5.95 Å². The van der Waals surface area contributed by atoms with Crippen LogP contribution in [0.1, 0.15) is 0 Å². The van der Waals surface area contributed by atoms with Crippen LogP contribution in [0.2, 0.25) is 0 Å². The van der Waals surface area contributed by atoms with Crippen LogP contribution in [0.25, 0.3) is 5.95 Å². The van der Waals surface area contributed by atoms with Crippen LogP contribution >= 0.6 is 0 Å². The van der Waals surface area contributed by atoms with Gasteiger partial charge in [0.15, 0.2) is 0 Å². The summed E-state index contributed by atoms with van der Waals surface area (Å²) in [5.41, 5.74) is 0. The first-order valence-electron chi connectivity index (χ1n) is 6.56. The molecule has 1 unspecified atom stereocenters. The average molecular weight is 292 g/mol. The predicted octanol–water partition coefficient (Wildman–Crippen LogP) is -1.31. The van der Waals surface area contributed by atoms with Gasteiger partial charge in [0.2, 0.25) is 11.9 Å². The van der Waals surface area contributed by atoms with Gasteiger partial charge >= 0.3 is 0 Å². The summed E-state index contributed by atoms with van der Waals surface area (Å²) in [6.45, 7) is 1.67. The number of hydrogen-bond acceptors (Lipinski definition) is 9. The van der Waals surface area contributed by atoms with E-state index in [0.29, 0.717) is 37.5 Å². The Balaban J connectivity index is 1.92. The zero-order valence-corrected chi connectivity index (χ0v) is 11.5. The molecular formula is C11H16N8O2. The third-order valence-electron chi connectivity index (χ3n) is 3.08. The number of morpholine rings is 1. The van der Waals surface area contributed by atoms with E-state index in [-0.39, 0.29) is 12.7 Å². The summed E-state index contributed by atoms with van der Waals surface area (Å²) >= 11 is 0. The molecule has 1 aliphatic rings. The van der Waals surface area contributed by atoms with Gasteiger partial charge in [-0.2, -0.15) is 24.7 Å². The molecule has 0 saturated carbocycles. The van der Waals surface area contributed by atoms with Crippen molar-refractivity contribution >= 4 is 11.9 Å². The predicted molar refractivity (Wildman–Crippen MR) is 73.3 cm³/mol. The van der Waals surface area contributed by atoms with Crippen molar-refractivity contribution in [2.24, 2.45) is 0 Å². The van der Waals surface area contributed by atoms with Crippen molar-refractivity contribution in [3.8, 4) is 5.95 Å². The molecule has 1 saturated heterocycles. The number of aromatic nitrogens is 6. The molecule has 21 heavy (non-hydrogen) atoms. The molecule has 2 aromatic rings. The van der Waals surface area contributed by atoms with Crippen LogP contribution in [0.5, 0.6) is 0 Å². The summed E-state index contributed by atoms with van der Waals surface area (Å²) in [6.07, 6.45) is 2.70. The highest BCUT2D eigenvalue weighted by Gasteiger charge is 2.23. The van der Waals surface area contributed by atoms with Gasteiger partial charge in [-0.3, -0.25) is 0 Å². The van der Waals surface area contributed by atoms with E-state index >= 15 is 0 Å². The van der Waals surface area contributed by atoms with Crippen molar-refractivity contribution in [2.45, 2.75) is 6.10 Å². The van der Waals surface area contributed by atoms with Crippen LogP contribution < -0.4 is 10.2 Å². The Morgan fingerprint density at radius 3 is 2.95 bits per heavy atom. The zero-order valence-electron chi connectivity index (χ0n) is 11.5. The summed E-state index contributed by atoms with van der Waals surface area (Å²) in [5.74, 6) is 1.34. The summed E-state index contributed by atoms with van der Waals surface area (Å²) < 4.78 is 6.90. The molecule has 2 aromatic heterocycles. The standard InChI is InChI=1S/C11H16N8O2/c1-12-9-15-10(18-2-3-21-8(4-18)5-20)17-11(16-9)19-7-13-6-14-19/h6-8,20H,2-5H2,1H3,(H,12,15,16,17). The maximum atomic E-state index is 9.22. The highest BCUT2D eigenvalue weighted by atomic mass is 16.5. The number of nitrogens with one attached hydrogen (secondary N) is 1. The van der Waals surface area contributed by atoms with Gasteiger partial charge in [-0.1, -0.05) is 0 Å². The fourth-order valence-electron chi connectivity index (χ4n) is 2.03. The van der Waals surface area contributed by atoms with Gasteiger partial charge < -0.3 is 20.1 Å². The van der Waals surface area contributed by atoms with Gasteiger partial charge in [-0.05, 0) is 0 Å². The van der Waals surface area contributed by atoms with Crippen molar-refractivity contribution < 1.29 is 9.84 Å². The maximum absolute atomic E-state index is 9.22. The van der Waals surface area contributed by atoms with Crippen molar-refractivity contribution in [3.05, 3.63) is 12.7 Å². The number of hydrogen-bond donors (Lipinski definition) is 2. The Morgan fingerprint density at radius 2 is 2.24 bits per heavy atom. The number of rotatable bonds is 4. The van der Waals surface area contributed by atoms with Crippen LogP contribution in [0.4, 0.5) is 11.9 Å². The Morgan fingerprint density at radius 1 is 1.38 bits per heavy atom. The SMILES string of the molecule is CNc1nc(N2CCOC(CO)C2)nc(-n2cncn2)n1. The minimum absolute atomic E-state index is 0.0313. The second-order valence-electron chi connectivity index (χ2n) is 4.47. The van der Waals surface area contributed by atoms with Crippen molar-refractivity contribution in [1.29, 1.82) is 0 Å². The van der Waals surface area contributed by atoms with Crippen molar-refractivity contribution in [2.75, 3.05) is 43.6 Å². The van der Waals surface area contributed by atoms with Gasteiger partial charge in [-0.15, -0.1) is 0 Å². The second-order valence-corrected chi connectivity index (χ2v) is 4.47. The summed E-state index contributed by atoms with van der Waals surface area (Å²) in [7, 11) is 1.74. The van der Waals surface area contributed by atoms with Gasteiger partial charge in [-0.25, -0.2) is 4.98 Å². The van der Waals surface area contributed by atoms with Crippen molar-refractivity contribution in [3.63, 3.8) is 0 Å². The molecule has 0 amide bonds. The largest absolute Gasteiger partial charge is 0.394 e. The van der Waals surface area contributed by atoms with E-state index in [1.165, 1.54) is 17.3 Å². The molecule has 1 atom stereocenters. The fraction of sp³-hybridized carbons (Fsp3) is 0.545. The van der Waals surface area contributed by atoms with Crippen LogP contribution in [-0.2, 0) is 4.74 Å². The summed E-state index contributed by atoms with van der Waals surface area (Å²) in [4.78, 5) is 18.8. The van der Waals surface area contributed by atoms with E-state index in [9.17, 15) is 5.11 Å². The average Bonchev–Trinajstić information content (AvgIpc) is 3.09. The lowest BCUT2D eigenvalue weighted by Crippen LogP contribution is -2.45. The molecule has 3 rings (SSSR count). The molecule has 1 fully saturated rings. The van der Waals surface area contributed by atoms with Crippen LogP contribution in [-0.4, -0.2) is 74.3 Å². The molecule has 2 N–H and O–H groups in total. The quantitative estimate of drug-likeness (QED) is 0.709. The van der Waals surface area contributed by atoms with Crippen LogP contribution in [0.15, 0.2) is 12.7 Å². The lowest BCUT2D eigenvalue weighted by atomic mass is 10.3. The minimum atomic E-state index is -0.233. The summed E-state index contributed by atoms with van der Waals surface area (Å²) in [6, 6.07) is 0. The zero-order chi connectivity index (χ0) is 14.7. The molecule has 112 valence electrons. The second kappa shape index (κ2) is 5.97. The third kappa shape index (κ3) is 2.90. The van der Waals surface area contributed by atoms with E-state index in [2.05, 4.69) is 30.4 Å². The molecule has 0 spiro atoms. The molecule has 3 heterocycles. The Kier molecular flexibility index (Phi) is 3.88. The van der Waals surface area contributed by atoms with E-state index in [0.717, 1.165) is 0 Å². The van der Waals surface area contributed by atoms with E-state index < -0.39 is 0 Å². The normalized spacial score (nSPS) is 18.8. The molecule has 0 aromatic carbocycles. The molecule has 0 radical (unpaired) electrons. The molecule has 10 nitrogen and oxygen atoms in total. The van der Waals surface area contributed by atoms with Gasteiger partial charge in [0.05, 0.1) is 19.3 Å². The smallest absolute Gasteiger partial charge is 0.258 e. The Hall–Kier alpha value is -2.33. The monoisotopic (exact) mass is 292 g/mol. The number of anilines is 2. The number of aliphatic hydroxyl groups is 1. The molecule has 0 aliphatic carbocycles. The minimum Gasteiger partial charge on any atom is -0.394 e. The van der Waals surface area contributed by atoms with Crippen LogP contribution in [0.3, 0.4) is 0 Å². The number of ether oxygens (including phenoxy) is 1. The fourth-order valence-corrected chi connectivity index (χ4v) is 2.03. The molecule has 1 aliphatic heterocycles. The Labute approximate surface area is 120 Å². The first-order chi connectivity index (χ1) is 10.3. The number of aliphatic hydroxyl groups excluding tert-OH is 1. The first kappa shape index (κ1) is 13.6. The number of nitrogens with zero attached hydrogens (tertiary/aromatic N) is 7. The first-order valence-corrected chi connectivity index (χ1v) is 6.56. The topological polar surface area (TPSA) is 114 Å². The van der Waals surface area contributed by atoms with Gasteiger partial charge in [0, 0.05) is 20.1 Å². The van der Waals surface area contributed by atoms with Crippen molar-refractivity contribution in [1.82, 2.24) is 29.7 Å². The van der Waals surface area contributed by atoms with Gasteiger partial charge in [0.1, 0.15) is 12.7 Å². The summed E-state index contributed by atoms with van der Waals surface area (Å²) in [5, 5.41) is 16.1. The molecule has 0 bridgehead atoms. The maximum Gasteiger partial charge on any atom is 0.258 e. The molecular weight excluding hydrogens is 276 g/mol. The van der Waals surface area contributed by atoms with E-state index in [1.807, 2.05) is 4.90 Å². The lowest BCUT2D eigenvalue weighted by molar-refractivity contribution is 0.00313. The highest BCUT2D eigenvalue weighted by Crippen LogP contribution is 2.16. The Bertz CT molecular complexity index is 590. The third-order valence-corrected chi connectivity index (χ3v) is 3.08.